The number of hydrogen-bond donors (Lipinski definition) is 2. The Balaban J connectivity index is 1.66. The van der Waals surface area contributed by atoms with E-state index in [1.165, 1.54) is 32.1 Å². The van der Waals surface area contributed by atoms with Crippen LogP contribution in [0.1, 0.15) is 71.6 Å². The minimum Gasteiger partial charge on any atom is -0.393 e. The van der Waals surface area contributed by atoms with Crippen LogP contribution in [0.25, 0.3) is 0 Å². The van der Waals surface area contributed by atoms with Gasteiger partial charge in [0.25, 0.3) is 0 Å². The third-order valence-corrected chi connectivity index (χ3v) is 8.43. The van der Waals surface area contributed by atoms with Crippen molar-refractivity contribution in [1.29, 1.82) is 0 Å². The van der Waals surface area contributed by atoms with E-state index in [4.69, 9.17) is 0 Å². The Morgan fingerprint density at radius 1 is 0.810 bits per heavy atom. The maximum absolute atomic E-state index is 10.8. The Labute approximate surface area is 129 Å². The smallest absolute Gasteiger partial charge is 0.0577 e. The van der Waals surface area contributed by atoms with E-state index >= 15 is 0 Å². The summed E-state index contributed by atoms with van der Waals surface area (Å²) in [6.45, 7) is 4.97. The Morgan fingerprint density at radius 3 is 2.43 bits per heavy atom. The second-order valence-electron chi connectivity index (χ2n) is 9.31. The highest BCUT2D eigenvalue weighted by atomic mass is 16.3. The van der Waals surface area contributed by atoms with Crippen molar-refractivity contribution >= 4 is 0 Å². The first-order chi connectivity index (χ1) is 9.94. The van der Waals surface area contributed by atoms with Crippen molar-refractivity contribution in [2.75, 3.05) is 0 Å². The van der Waals surface area contributed by atoms with E-state index in [2.05, 4.69) is 13.8 Å². The average molecular weight is 292 g/mol. The largest absolute Gasteiger partial charge is 0.393 e. The van der Waals surface area contributed by atoms with Gasteiger partial charge in [0.2, 0.25) is 0 Å². The third kappa shape index (κ3) is 1.97. The van der Waals surface area contributed by atoms with E-state index in [1.54, 1.807) is 0 Å². The highest BCUT2D eigenvalue weighted by molar-refractivity contribution is 5.09. The van der Waals surface area contributed by atoms with Gasteiger partial charge in [-0.05, 0) is 85.9 Å². The molecule has 0 aromatic carbocycles. The molecule has 21 heavy (non-hydrogen) atoms. The fourth-order valence-corrected chi connectivity index (χ4v) is 7.27. The molecule has 4 fully saturated rings. The van der Waals surface area contributed by atoms with Crippen molar-refractivity contribution < 1.29 is 10.2 Å². The molecule has 0 heterocycles. The molecule has 0 spiro atoms. The van der Waals surface area contributed by atoms with Crippen LogP contribution in [0.15, 0.2) is 0 Å². The van der Waals surface area contributed by atoms with Crippen molar-refractivity contribution in [3.63, 3.8) is 0 Å². The molecular formula is C19H32O2. The van der Waals surface area contributed by atoms with Crippen LogP contribution < -0.4 is 0 Å². The minimum atomic E-state index is -0.172. The van der Waals surface area contributed by atoms with E-state index in [9.17, 15) is 10.2 Å². The minimum absolute atomic E-state index is 0.172. The summed E-state index contributed by atoms with van der Waals surface area (Å²) in [6.07, 6.45) is 10.6. The summed E-state index contributed by atoms with van der Waals surface area (Å²) in [6, 6.07) is 0. The van der Waals surface area contributed by atoms with Crippen LogP contribution in [0.2, 0.25) is 0 Å². The molecule has 4 rings (SSSR count). The number of aliphatic hydroxyl groups excluding tert-OH is 2. The third-order valence-electron chi connectivity index (χ3n) is 8.43. The van der Waals surface area contributed by atoms with Crippen LogP contribution in [0.3, 0.4) is 0 Å². The summed E-state index contributed by atoms with van der Waals surface area (Å²) >= 11 is 0. The number of fused-ring (bicyclic) bond motifs is 5. The Bertz CT molecular complexity index is 422. The second-order valence-corrected chi connectivity index (χ2v) is 9.31. The fraction of sp³-hybridized carbons (Fsp3) is 1.00. The Hall–Kier alpha value is -0.0800. The van der Waals surface area contributed by atoms with Gasteiger partial charge < -0.3 is 10.2 Å². The zero-order valence-electron chi connectivity index (χ0n) is 13.7. The lowest BCUT2D eigenvalue weighted by molar-refractivity contribution is -0.167. The molecule has 0 saturated heterocycles. The zero-order valence-corrected chi connectivity index (χ0v) is 13.7. The van der Waals surface area contributed by atoms with Gasteiger partial charge in [0.15, 0.2) is 0 Å². The van der Waals surface area contributed by atoms with E-state index < -0.39 is 0 Å². The first kappa shape index (κ1) is 14.5. The summed E-state index contributed by atoms with van der Waals surface area (Å²) in [4.78, 5) is 0. The summed E-state index contributed by atoms with van der Waals surface area (Å²) in [5.41, 5.74) is 0.851. The van der Waals surface area contributed by atoms with Gasteiger partial charge in [-0.25, -0.2) is 0 Å². The molecule has 2 nitrogen and oxygen atoms in total. The summed E-state index contributed by atoms with van der Waals surface area (Å²) in [5, 5.41) is 20.9. The van der Waals surface area contributed by atoms with E-state index in [0.717, 1.165) is 43.4 Å². The van der Waals surface area contributed by atoms with Crippen molar-refractivity contribution in [2.45, 2.75) is 83.8 Å². The van der Waals surface area contributed by atoms with Gasteiger partial charge in [0.1, 0.15) is 0 Å². The standard InChI is InChI=1S/C19H32O2/c1-18-7-3-4-14(18)13-11-17(21)16-10-12(20)5-9-19(16,2)15(13)6-8-18/h12-17,20-21H,3-11H2,1-2H3/t12-,13+,14+,15+,16+,17-,18-,19+/m0/s1. The highest BCUT2D eigenvalue weighted by Gasteiger charge is 2.59. The fourth-order valence-electron chi connectivity index (χ4n) is 7.27. The first-order valence-corrected chi connectivity index (χ1v) is 9.30. The van der Waals surface area contributed by atoms with Crippen LogP contribution in [0, 0.1) is 34.5 Å². The van der Waals surface area contributed by atoms with Crippen LogP contribution >= 0.6 is 0 Å². The molecule has 120 valence electrons. The normalized spacial score (nSPS) is 60.0. The zero-order chi connectivity index (χ0) is 14.8. The SMILES string of the molecule is C[C@@]12CCC[C@@H]1[C@H]1C[C@H](O)[C@H]3C[C@@H](O)CC[C@]3(C)[C@@H]1CC2. The molecule has 4 aliphatic rings. The van der Waals surface area contributed by atoms with E-state index in [1.807, 2.05) is 0 Å². The predicted molar refractivity (Wildman–Crippen MR) is 83.7 cm³/mol. The van der Waals surface area contributed by atoms with Gasteiger partial charge in [-0.2, -0.15) is 0 Å². The molecule has 0 unspecified atom stereocenters. The predicted octanol–water partition coefficient (Wildman–Crippen LogP) is 3.75. The molecule has 2 N–H and O–H groups in total. The lowest BCUT2D eigenvalue weighted by atomic mass is 9.44. The topological polar surface area (TPSA) is 40.5 Å². The Kier molecular flexibility index (Phi) is 3.25. The average Bonchev–Trinajstić information content (AvgIpc) is 2.83. The second kappa shape index (κ2) is 4.71. The van der Waals surface area contributed by atoms with Gasteiger partial charge in [-0.15, -0.1) is 0 Å². The molecule has 0 aromatic heterocycles. The molecule has 0 amide bonds. The monoisotopic (exact) mass is 292 g/mol. The van der Waals surface area contributed by atoms with Crippen molar-refractivity contribution in [1.82, 2.24) is 0 Å². The molecular weight excluding hydrogens is 260 g/mol. The van der Waals surface area contributed by atoms with Gasteiger partial charge in [-0.3, -0.25) is 0 Å². The number of hydrogen-bond acceptors (Lipinski definition) is 2. The lowest BCUT2D eigenvalue weighted by Crippen LogP contribution is -2.57. The molecule has 0 aromatic rings. The quantitative estimate of drug-likeness (QED) is 0.714. The summed E-state index contributed by atoms with van der Waals surface area (Å²) < 4.78 is 0. The van der Waals surface area contributed by atoms with E-state index in [0.29, 0.717) is 11.3 Å². The first-order valence-electron chi connectivity index (χ1n) is 9.30. The van der Waals surface area contributed by atoms with Gasteiger partial charge in [0.05, 0.1) is 12.2 Å². The molecule has 0 aliphatic heterocycles. The highest BCUT2D eigenvalue weighted by Crippen LogP contribution is 2.66. The summed E-state index contributed by atoms with van der Waals surface area (Å²) in [5.74, 6) is 2.75. The molecule has 0 bridgehead atoms. The van der Waals surface area contributed by atoms with Crippen molar-refractivity contribution in [3.05, 3.63) is 0 Å². The summed E-state index contributed by atoms with van der Waals surface area (Å²) in [7, 11) is 0. The molecule has 4 aliphatic carbocycles. The lowest BCUT2D eigenvalue weighted by Gasteiger charge is -2.61. The molecule has 2 heteroatoms. The van der Waals surface area contributed by atoms with Gasteiger partial charge >= 0.3 is 0 Å². The van der Waals surface area contributed by atoms with Crippen LogP contribution in [0.4, 0.5) is 0 Å². The maximum atomic E-state index is 10.8. The van der Waals surface area contributed by atoms with Gasteiger partial charge in [-0.1, -0.05) is 20.3 Å². The van der Waals surface area contributed by atoms with Crippen LogP contribution in [-0.4, -0.2) is 22.4 Å². The molecule has 8 atom stereocenters. The number of aliphatic hydroxyl groups is 2. The maximum Gasteiger partial charge on any atom is 0.0577 e. The molecule has 4 saturated carbocycles. The molecule has 0 radical (unpaired) electrons. The Morgan fingerprint density at radius 2 is 1.62 bits per heavy atom. The van der Waals surface area contributed by atoms with Crippen molar-refractivity contribution in [3.8, 4) is 0 Å². The van der Waals surface area contributed by atoms with E-state index in [-0.39, 0.29) is 17.6 Å². The van der Waals surface area contributed by atoms with Gasteiger partial charge in [0, 0.05) is 0 Å². The number of rotatable bonds is 0. The van der Waals surface area contributed by atoms with Crippen molar-refractivity contribution in [2.24, 2.45) is 34.5 Å². The van der Waals surface area contributed by atoms with Crippen LogP contribution in [0.5, 0.6) is 0 Å². The van der Waals surface area contributed by atoms with Crippen LogP contribution in [-0.2, 0) is 0 Å².